The molecule has 0 saturated heterocycles. The molecule has 4 aromatic rings. The molecule has 6 nitrogen and oxygen atoms in total. The number of carbonyl (C=O) groups is 1. The van der Waals surface area contributed by atoms with Crippen LogP contribution in [-0.4, -0.2) is 27.4 Å². The van der Waals surface area contributed by atoms with Gasteiger partial charge in [0.05, 0.1) is 16.8 Å². The molecule has 0 atom stereocenters. The fourth-order valence-corrected chi connectivity index (χ4v) is 3.61. The number of nitrogens with zero attached hydrogens (tertiary/aromatic N) is 3. The lowest BCUT2D eigenvalue weighted by Crippen LogP contribution is -2.32. The number of thiophene rings is 1. The van der Waals surface area contributed by atoms with Crippen molar-refractivity contribution in [3.8, 4) is 0 Å². The molecular weight excluding hydrogens is 336 g/mol. The van der Waals surface area contributed by atoms with Crippen LogP contribution in [0.4, 0.5) is 0 Å². The zero-order valence-electron chi connectivity index (χ0n) is 13.2. The van der Waals surface area contributed by atoms with Gasteiger partial charge in [0.15, 0.2) is 0 Å². The average molecular weight is 350 g/mol. The number of aromatic nitrogens is 3. The average Bonchev–Trinajstić information content (AvgIpc) is 3.08. The van der Waals surface area contributed by atoms with Crippen LogP contribution >= 0.6 is 11.3 Å². The lowest BCUT2D eigenvalue weighted by molar-refractivity contribution is 0.0955. The quantitative estimate of drug-likeness (QED) is 0.613. The van der Waals surface area contributed by atoms with Crippen molar-refractivity contribution in [2.24, 2.45) is 0 Å². The Kier molecular flexibility index (Phi) is 3.99. The summed E-state index contributed by atoms with van der Waals surface area (Å²) < 4.78 is 2.34. The maximum absolute atomic E-state index is 12.3. The number of carbonyl (C=O) groups excluding carboxylic acids is 1. The third kappa shape index (κ3) is 3.01. The summed E-state index contributed by atoms with van der Waals surface area (Å²) in [7, 11) is 0. The van der Waals surface area contributed by atoms with Crippen LogP contribution in [0, 0.1) is 0 Å². The van der Waals surface area contributed by atoms with Crippen LogP contribution in [0.5, 0.6) is 0 Å². The van der Waals surface area contributed by atoms with Crippen LogP contribution < -0.4 is 10.9 Å². The van der Waals surface area contributed by atoms with E-state index in [1.54, 1.807) is 18.2 Å². The van der Waals surface area contributed by atoms with Crippen LogP contribution in [0.25, 0.3) is 21.0 Å². The highest BCUT2D eigenvalue weighted by molar-refractivity contribution is 7.20. The van der Waals surface area contributed by atoms with Crippen LogP contribution in [0.3, 0.4) is 0 Å². The Labute approximate surface area is 146 Å². The molecule has 0 fully saturated rings. The maximum atomic E-state index is 12.3. The second-order valence-corrected chi connectivity index (χ2v) is 6.62. The number of benzene rings is 2. The number of amides is 1. The molecular formula is C18H14N4O2S. The Morgan fingerprint density at radius 2 is 1.92 bits per heavy atom. The molecule has 0 aliphatic heterocycles. The minimum absolute atomic E-state index is 0.150. The van der Waals surface area contributed by atoms with Gasteiger partial charge < -0.3 is 5.32 Å². The van der Waals surface area contributed by atoms with Gasteiger partial charge in [0.2, 0.25) is 0 Å². The first kappa shape index (κ1) is 15.5. The van der Waals surface area contributed by atoms with E-state index in [4.69, 9.17) is 0 Å². The van der Waals surface area contributed by atoms with Crippen molar-refractivity contribution in [1.82, 2.24) is 20.3 Å². The Balaban J connectivity index is 1.46. The van der Waals surface area contributed by atoms with Crippen molar-refractivity contribution in [2.45, 2.75) is 6.54 Å². The van der Waals surface area contributed by atoms with E-state index in [-0.39, 0.29) is 18.0 Å². The number of nitrogens with one attached hydrogen (secondary N) is 1. The Bertz CT molecular complexity index is 1100. The highest BCUT2D eigenvalue weighted by atomic mass is 32.1. The van der Waals surface area contributed by atoms with Gasteiger partial charge in [-0.2, -0.15) is 0 Å². The first-order valence-electron chi connectivity index (χ1n) is 7.82. The van der Waals surface area contributed by atoms with Gasteiger partial charge in [-0.25, -0.2) is 4.68 Å². The summed E-state index contributed by atoms with van der Waals surface area (Å²) in [6, 6.07) is 16.8. The molecule has 0 saturated carbocycles. The fourth-order valence-electron chi connectivity index (χ4n) is 2.63. The van der Waals surface area contributed by atoms with Crippen LogP contribution in [0.15, 0.2) is 59.4 Å². The van der Waals surface area contributed by atoms with Crippen molar-refractivity contribution in [1.29, 1.82) is 0 Å². The van der Waals surface area contributed by atoms with Crippen LogP contribution in [0.1, 0.15) is 9.67 Å². The Morgan fingerprint density at radius 3 is 2.80 bits per heavy atom. The normalized spacial score (nSPS) is 11.0. The monoisotopic (exact) mass is 350 g/mol. The first-order chi connectivity index (χ1) is 12.2. The molecule has 4 rings (SSSR count). The minimum Gasteiger partial charge on any atom is -0.349 e. The lowest BCUT2D eigenvalue weighted by Gasteiger charge is -2.06. The van der Waals surface area contributed by atoms with Gasteiger partial charge in [-0.05, 0) is 29.7 Å². The number of hydrogen-bond donors (Lipinski definition) is 1. The molecule has 0 unspecified atom stereocenters. The van der Waals surface area contributed by atoms with E-state index in [1.807, 2.05) is 36.4 Å². The van der Waals surface area contributed by atoms with E-state index in [1.165, 1.54) is 16.0 Å². The van der Waals surface area contributed by atoms with Crippen molar-refractivity contribution < 1.29 is 4.79 Å². The maximum Gasteiger partial charge on any atom is 0.277 e. The molecule has 0 radical (unpaired) electrons. The molecule has 0 bridgehead atoms. The highest BCUT2D eigenvalue weighted by Gasteiger charge is 2.10. The van der Waals surface area contributed by atoms with E-state index in [0.29, 0.717) is 22.3 Å². The summed E-state index contributed by atoms with van der Waals surface area (Å²) in [6.07, 6.45) is 0. The minimum atomic E-state index is -0.207. The summed E-state index contributed by atoms with van der Waals surface area (Å²) in [5.74, 6) is -0.150. The van der Waals surface area contributed by atoms with E-state index >= 15 is 0 Å². The third-order valence-corrected chi connectivity index (χ3v) is 5.00. The molecule has 2 heterocycles. The van der Waals surface area contributed by atoms with E-state index in [9.17, 15) is 9.59 Å². The molecule has 0 spiro atoms. The molecule has 1 amide bonds. The highest BCUT2D eigenvalue weighted by Crippen LogP contribution is 2.24. The largest absolute Gasteiger partial charge is 0.349 e. The lowest BCUT2D eigenvalue weighted by atomic mass is 10.2. The van der Waals surface area contributed by atoms with E-state index < -0.39 is 0 Å². The zero-order valence-corrected chi connectivity index (χ0v) is 14.0. The van der Waals surface area contributed by atoms with Gasteiger partial charge in [0, 0.05) is 11.2 Å². The first-order valence-corrected chi connectivity index (χ1v) is 8.63. The summed E-state index contributed by atoms with van der Waals surface area (Å²) >= 11 is 1.45. The van der Waals surface area contributed by atoms with Gasteiger partial charge in [-0.3, -0.25) is 9.59 Å². The second kappa shape index (κ2) is 6.45. The zero-order chi connectivity index (χ0) is 17.2. The number of rotatable bonds is 4. The molecule has 2 aromatic heterocycles. The molecule has 0 aliphatic carbocycles. The topological polar surface area (TPSA) is 76.9 Å². The summed E-state index contributed by atoms with van der Waals surface area (Å²) in [5.41, 5.74) is 0.361. The predicted octanol–water partition coefficient (Wildman–Crippen LogP) is 2.44. The summed E-state index contributed by atoms with van der Waals surface area (Å²) in [5, 5.41) is 12.3. The smallest absolute Gasteiger partial charge is 0.277 e. The molecule has 0 aliphatic rings. The predicted molar refractivity (Wildman–Crippen MR) is 98.0 cm³/mol. The van der Waals surface area contributed by atoms with E-state index in [2.05, 4.69) is 15.6 Å². The van der Waals surface area contributed by atoms with Crippen LogP contribution in [0.2, 0.25) is 0 Å². The molecule has 124 valence electrons. The van der Waals surface area contributed by atoms with Gasteiger partial charge in [-0.1, -0.05) is 35.5 Å². The van der Waals surface area contributed by atoms with Gasteiger partial charge >= 0.3 is 0 Å². The number of fused-ring (bicyclic) bond motifs is 2. The second-order valence-electron chi connectivity index (χ2n) is 5.54. The molecule has 25 heavy (non-hydrogen) atoms. The molecule has 1 N–H and O–H groups in total. The van der Waals surface area contributed by atoms with Gasteiger partial charge in [-0.15, -0.1) is 16.4 Å². The van der Waals surface area contributed by atoms with Crippen molar-refractivity contribution in [3.05, 3.63) is 69.8 Å². The van der Waals surface area contributed by atoms with Gasteiger partial charge in [0.1, 0.15) is 5.52 Å². The summed E-state index contributed by atoms with van der Waals surface area (Å²) in [4.78, 5) is 25.3. The van der Waals surface area contributed by atoms with Gasteiger partial charge in [0.25, 0.3) is 11.5 Å². The molecule has 2 aromatic carbocycles. The fraction of sp³-hybridized carbons (Fsp3) is 0.111. The SMILES string of the molecule is O=C(NCCn1nnc2ccccc2c1=O)c1cc2ccccc2s1. The Morgan fingerprint density at radius 1 is 1.12 bits per heavy atom. The summed E-state index contributed by atoms with van der Waals surface area (Å²) in [6.45, 7) is 0.577. The van der Waals surface area contributed by atoms with Crippen molar-refractivity contribution in [2.75, 3.05) is 6.54 Å². The number of hydrogen-bond acceptors (Lipinski definition) is 5. The molecule has 7 heteroatoms. The standard InChI is InChI=1S/C18H14N4O2S/c23-17(16-11-12-5-1-4-8-15(12)25-16)19-9-10-22-18(24)13-6-2-3-7-14(13)20-21-22/h1-8,11H,9-10H2,(H,19,23). The van der Waals surface area contributed by atoms with Crippen LogP contribution in [-0.2, 0) is 6.54 Å². The third-order valence-electron chi connectivity index (χ3n) is 3.89. The van der Waals surface area contributed by atoms with Crippen molar-refractivity contribution in [3.63, 3.8) is 0 Å². The van der Waals surface area contributed by atoms with E-state index in [0.717, 1.165) is 10.1 Å². The van der Waals surface area contributed by atoms with Crippen molar-refractivity contribution >= 4 is 38.2 Å². The Hall–Kier alpha value is -3.06.